The van der Waals surface area contributed by atoms with E-state index in [0.29, 0.717) is 0 Å². The van der Waals surface area contributed by atoms with E-state index in [4.69, 9.17) is 0 Å². The number of pyridine rings is 1. The molecular formula is C12H17BrN2. The Balaban J connectivity index is 2.04. The number of anilines is 1. The molecule has 0 amide bonds. The number of hydrogen-bond donors (Lipinski definition) is 0. The minimum absolute atomic E-state index is 0.894. The van der Waals surface area contributed by atoms with Crippen molar-refractivity contribution < 1.29 is 0 Å². The van der Waals surface area contributed by atoms with Crippen LogP contribution < -0.4 is 4.90 Å². The normalized spacial score (nSPS) is 16.1. The predicted octanol–water partition coefficient (Wildman–Crippen LogP) is 3.47. The van der Waals surface area contributed by atoms with Gasteiger partial charge in [-0.3, -0.25) is 0 Å². The molecule has 82 valence electrons. The summed E-state index contributed by atoms with van der Waals surface area (Å²) in [4.78, 5) is 6.87. The Hall–Kier alpha value is -0.570. The summed E-state index contributed by atoms with van der Waals surface area (Å²) in [5.41, 5.74) is 0. The molecule has 0 unspecified atom stereocenters. The number of halogens is 1. The maximum atomic E-state index is 4.50. The smallest absolute Gasteiger partial charge is 0.129 e. The van der Waals surface area contributed by atoms with Crippen LogP contribution >= 0.6 is 15.9 Å². The molecule has 0 spiro atoms. The lowest BCUT2D eigenvalue weighted by atomic mass is 9.85. The molecule has 2 nitrogen and oxygen atoms in total. The van der Waals surface area contributed by atoms with Crippen LogP contribution in [0.5, 0.6) is 0 Å². The van der Waals surface area contributed by atoms with E-state index >= 15 is 0 Å². The molecule has 1 aromatic heterocycles. The van der Waals surface area contributed by atoms with Crippen molar-refractivity contribution in [1.82, 2.24) is 4.98 Å². The molecule has 0 N–H and O–H groups in total. The van der Waals surface area contributed by atoms with Crippen LogP contribution in [0.3, 0.4) is 0 Å². The summed E-state index contributed by atoms with van der Waals surface area (Å²) in [6.45, 7) is 4.40. The Morgan fingerprint density at radius 2 is 2.27 bits per heavy atom. The van der Waals surface area contributed by atoms with Crippen LogP contribution in [-0.2, 0) is 0 Å². The summed E-state index contributed by atoms with van der Waals surface area (Å²) in [7, 11) is 0. The molecule has 0 radical (unpaired) electrons. The van der Waals surface area contributed by atoms with E-state index in [2.05, 4.69) is 44.9 Å². The van der Waals surface area contributed by atoms with E-state index in [9.17, 15) is 0 Å². The highest BCUT2D eigenvalue weighted by Gasteiger charge is 2.20. The van der Waals surface area contributed by atoms with Crippen molar-refractivity contribution in [1.29, 1.82) is 0 Å². The first kappa shape index (κ1) is 10.9. The van der Waals surface area contributed by atoms with Gasteiger partial charge in [-0.15, -0.1) is 0 Å². The Kier molecular flexibility index (Phi) is 3.62. The minimum Gasteiger partial charge on any atom is -0.357 e. The van der Waals surface area contributed by atoms with Crippen molar-refractivity contribution >= 4 is 21.7 Å². The van der Waals surface area contributed by atoms with Gasteiger partial charge in [-0.2, -0.15) is 0 Å². The second-order valence-electron chi connectivity index (χ2n) is 4.15. The summed E-state index contributed by atoms with van der Waals surface area (Å²) in [5, 5.41) is 0. The SMILES string of the molecule is CCN(CC1CCC1)c1cccc(Br)n1. The molecule has 0 aromatic carbocycles. The van der Waals surface area contributed by atoms with Crippen LogP contribution in [0.25, 0.3) is 0 Å². The molecule has 0 aliphatic heterocycles. The van der Waals surface area contributed by atoms with Gasteiger partial charge in [0.15, 0.2) is 0 Å². The summed E-state index contributed by atoms with van der Waals surface area (Å²) >= 11 is 3.42. The average Bonchev–Trinajstić information content (AvgIpc) is 2.16. The van der Waals surface area contributed by atoms with Crippen molar-refractivity contribution in [3.63, 3.8) is 0 Å². The second-order valence-corrected chi connectivity index (χ2v) is 4.97. The lowest BCUT2D eigenvalue weighted by Crippen LogP contribution is -2.32. The first-order chi connectivity index (χ1) is 7.29. The van der Waals surface area contributed by atoms with E-state index in [0.717, 1.165) is 22.9 Å². The van der Waals surface area contributed by atoms with Crippen molar-refractivity contribution in [2.75, 3.05) is 18.0 Å². The van der Waals surface area contributed by atoms with Gasteiger partial charge in [-0.25, -0.2) is 4.98 Å². The first-order valence-electron chi connectivity index (χ1n) is 5.67. The Morgan fingerprint density at radius 3 is 2.80 bits per heavy atom. The summed E-state index contributed by atoms with van der Waals surface area (Å²) in [6, 6.07) is 6.11. The number of nitrogens with zero attached hydrogens (tertiary/aromatic N) is 2. The molecule has 0 saturated heterocycles. The predicted molar refractivity (Wildman–Crippen MR) is 67.2 cm³/mol. The molecule has 2 rings (SSSR count). The molecule has 1 aliphatic rings. The fourth-order valence-electron chi connectivity index (χ4n) is 1.95. The zero-order valence-electron chi connectivity index (χ0n) is 9.12. The molecule has 0 bridgehead atoms. The van der Waals surface area contributed by atoms with Crippen LogP contribution in [0.1, 0.15) is 26.2 Å². The van der Waals surface area contributed by atoms with Gasteiger partial charge in [0.25, 0.3) is 0 Å². The van der Waals surface area contributed by atoms with Crippen LogP contribution in [0.15, 0.2) is 22.8 Å². The van der Waals surface area contributed by atoms with Gasteiger partial charge in [0.2, 0.25) is 0 Å². The molecule has 1 heterocycles. The third-order valence-electron chi connectivity index (χ3n) is 3.11. The molecule has 0 atom stereocenters. The Morgan fingerprint density at radius 1 is 1.47 bits per heavy atom. The number of aromatic nitrogens is 1. The lowest BCUT2D eigenvalue weighted by Gasteiger charge is -2.32. The minimum atomic E-state index is 0.894. The summed E-state index contributed by atoms with van der Waals surface area (Å²) < 4.78 is 0.923. The van der Waals surface area contributed by atoms with Crippen molar-refractivity contribution in [2.24, 2.45) is 5.92 Å². The lowest BCUT2D eigenvalue weighted by molar-refractivity contribution is 0.318. The van der Waals surface area contributed by atoms with Crippen LogP contribution in [-0.4, -0.2) is 18.1 Å². The molecule has 1 fully saturated rings. The monoisotopic (exact) mass is 268 g/mol. The largest absolute Gasteiger partial charge is 0.357 e. The van der Waals surface area contributed by atoms with Gasteiger partial charge in [-0.1, -0.05) is 12.5 Å². The molecular weight excluding hydrogens is 252 g/mol. The summed E-state index contributed by atoms with van der Waals surface area (Å²) in [5.74, 6) is 1.99. The Labute approximate surface area is 99.8 Å². The van der Waals surface area contributed by atoms with Crippen molar-refractivity contribution in [3.8, 4) is 0 Å². The van der Waals surface area contributed by atoms with E-state index in [1.807, 2.05) is 6.07 Å². The molecule has 3 heteroatoms. The molecule has 1 aromatic rings. The highest BCUT2D eigenvalue weighted by atomic mass is 79.9. The average molecular weight is 269 g/mol. The van der Waals surface area contributed by atoms with Gasteiger partial charge < -0.3 is 4.90 Å². The van der Waals surface area contributed by atoms with Crippen molar-refractivity contribution in [3.05, 3.63) is 22.8 Å². The third kappa shape index (κ3) is 2.71. The number of hydrogen-bond acceptors (Lipinski definition) is 2. The summed E-state index contributed by atoms with van der Waals surface area (Å²) in [6.07, 6.45) is 4.20. The molecule has 1 aliphatic carbocycles. The van der Waals surface area contributed by atoms with Gasteiger partial charge >= 0.3 is 0 Å². The van der Waals surface area contributed by atoms with Gasteiger partial charge in [0.1, 0.15) is 10.4 Å². The second kappa shape index (κ2) is 4.97. The highest BCUT2D eigenvalue weighted by Crippen LogP contribution is 2.28. The maximum absolute atomic E-state index is 4.50. The van der Waals surface area contributed by atoms with Crippen LogP contribution in [0, 0.1) is 5.92 Å². The van der Waals surface area contributed by atoms with Crippen molar-refractivity contribution in [2.45, 2.75) is 26.2 Å². The van der Waals surface area contributed by atoms with Gasteiger partial charge in [0.05, 0.1) is 0 Å². The maximum Gasteiger partial charge on any atom is 0.129 e. The zero-order valence-corrected chi connectivity index (χ0v) is 10.7. The number of rotatable bonds is 4. The topological polar surface area (TPSA) is 16.1 Å². The van der Waals surface area contributed by atoms with E-state index < -0.39 is 0 Å². The third-order valence-corrected chi connectivity index (χ3v) is 3.55. The Bertz CT molecular complexity index is 323. The molecule has 1 saturated carbocycles. The first-order valence-corrected chi connectivity index (χ1v) is 6.46. The van der Waals surface area contributed by atoms with Gasteiger partial charge in [-0.05, 0) is 53.7 Å². The van der Waals surface area contributed by atoms with E-state index in [-0.39, 0.29) is 0 Å². The fourth-order valence-corrected chi connectivity index (χ4v) is 2.28. The van der Waals surface area contributed by atoms with Crippen LogP contribution in [0.4, 0.5) is 5.82 Å². The van der Waals surface area contributed by atoms with E-state index in [1.165, 1.54) is 25.8 Å². The van der Waals surface area contributed by atoms with Gasteiger partial charge in [0, 0.05) is 13.1 Å². The van der Waals surface area contributed by atoms with Crippen LogP contribution in [0.2, 0.25) is 0 Å². The van der Waals surface area contributed by atoms with E-state index in [1.54, 1.807) is 0 Å². The quantitative estimate of drug-likeness (QED) is 0.778. The molecule has 15 heavy (non-hydrogen) atoms. The fraction of sp³-hybridized carbons (Fsp3) is 0.583. The highest BCUT2D eigenvalue weighted by molar-refractivity contribution is 9.10. The standard InChI is InChI=1S/C12H17BrN2/c1-2-15(9-10-5-3-6-10)12-8-4-7-11(13)14-12/h4,7-8,10H,2-3,5-6,9H2,1H3. The zero-order chi connectivity index (χ0) is 10.7.